The number of halogens is 4. The van der Waals surface area contributed by atoms with E-state index in [1.54, 1.807) is 0 Å². The van der Waals surface area contributed by atoms with E-state index >= 15 is 0 Å². The molecule has 2 heterocycles. The Bertz CT molecular complexity index is 901. The van der Waals surface area contributed by atoms with Crippen LogP contribution in [0.1, 0.15) is 19.3 Å². The number of ether oxygens (including phenoxy) is 2. The Kier molecular flexibility index (Phi) is 7.32. The third-order valence-corrected chi connectivity index (χ3v) is 7.19. The summed E-state index contributed by atoms with van der Waals surface area (Å²) in [4.78, 5) is 13.1. The summed E-state index contributed by atoms with van der Waals surface area (Å²) in [5, 5.41) is 11.7. The molecule has 13 heteroatoms. The maximum Gasteiger partial charge on any atom is 0.427 e. The van der Waals surface area contributed by atoms with Gasteiger partial charge >= 0.3 is 12.3 Å². The van der Waals surface area contributed by atoms with Crippen molar-refractivity contribution in [2.75, 3.05) is 32.2 Å². The van der Waals surface area contributed by atoms with Gasteiger partial charge in [-0.3, -0.25) is 5.32 Å². The molecule has 2 aliphatic rings. The van der Waals surface area contributed by atoms with Gasteiger partial charge in [-0.05, 0) is 43.5 Å². The van der Waals surface area contributed by atoms with Crippen LogP contribution < -0.4 is 5.32 Å². The predicted octanol–water partition coefficient (Wildman–Crippen LogP) is 1.83. The largest absolute Gasteiger partial charge is 0.434 e. The number of amides is 1. The number of aliphatic hydroxyl groups is 1. The SMILES string of the molecule is O=C(OC(CO)C(F)(F)F)N1CCC2(CC1)CC(NCS(=O)(=O)c1ccc(F)cc1)CO2. The van der Waals surface area contributed by atoms with Gasteiger partial charge in [0.2, 0.25) is 6.10 Å². The van der Waals surface area contributed by atoms with Crippen molar-refractivity contribution in [3.05, 3.63) is 30.1 Å². The van der Waals surface area contributed by atoms with E-state index < -0.39 is 46.2 Å². The molecule has 1 aromatic rings. The lowest BCUT2D eigenvalue weighted by molar-refractivity contribution is -0.215. The van der Waals surface area contributed by atoms with E-state index in [1.165, 1.54) is 12.1 Å². The van der Waals surface area contributed by atoms with Crippen molar-refractivity contribution in [2.45, 2.75) is 48.1 Å². The van der Waals surface area contributed by atoms with Crippen LogP contribution in [-0.2, 0) is 19.3 Å². The molecule has 0 aliphatic carbocycles. The summed E-state index contributed by atoms with van der Waals surface area (Å²) in [6.45, 7) is -0.904. The number of rotatable bonds is 6. The van der Waals surface area contributed by atoms with Gasteiger partial charge in [-0.1, -0.05) is 0 Å². The van der Waals surface area contributed by atoms with E-state index in [9.17, 15) is 30.8 Å². The van der Waals surface area contributed by atoms with Crippen molar-refractivity contribution < 1.29 is 45.4 Å². The van der Waals surface area contributed by atoms with Crippen molar-refractivity contribution in [3.8, 4) is 0 Å². The molecule has 2 saturated heterocycles. The molecule has 32 heavy (non-hydrogen) atoms. The monoisotopic (exact) mass is 484 g/mol. The summed E-state index contributed by atoms with van der Waals surface area (Å²) in [7, 11) is -3.67. The van der Waals surface area contributed by atoms with Crippen LogP contribution in [-0.4, -0.2) is 80.6 Å². The smallest absolute Gasteiger partial charge is 0.427 e. The Hall–Kier alpha value is -1.96. The molecule has 2 unspecified atom stereocenters. The normalized spacial score (nSPS) is 22.2. The highest BCUT2D eigenvalue weighted by Crippen LogP contribution is 2.36. The van der Waals surface area contributed by atoms with Gasteiger partial charge in [0.1, 0.15) is 11.7 Å². The van der Waals surface area contributed by atoms with E-state index in [2.05, 4.69) is 10.1 Å². The first-order valence-electron chi connectivity index (χ1n) is 9.93. The molecule has 180 valence electrons. The Labute approximate surface area is 182 Å². The number of nitrogens with one attached hydrogen (secondary N) is 1. The van der Waals surface area contributed by atoms with Crippen LogP contribution in [0.4, 0.5) is 22.4 Å². The van der Waals surface area contributed by atoms with Gasteiger partial charge < -0.3 is 19.5 Å². The Morgan fingerprint density at radius 3 is 2.47 bits per heavy atom. The van der Waals surface area contributed by atoms with Crippen LogP contribution in [0.25, 0.3) is 0 Å². The molecule has 0 radical (unpaired) electrons. The first-order chi connectivity index (χ1) is 14.9. The number of sulfone groups is 1. The number of hydrogen-bond donors (Lipinski definition) is 2. The van der Waals surface area contributed by atoms with Gasteiger partial charge in [-0.25, -0.2) is 17.6 Å². The number of alkyl halides is 3. The van der Waals surface area contributed by atoms with Crippen LogP contribution >= 0.6 is 0 Å². The minimum absolute atomic E-state index is 0.00751. The van der Waals surface area contributed by atoms with Crippen molar-refractivity contribution in [3.63, 3.8) is 0 Å². The summed E-state index contributed by atoms with van der Waals surface area (Å²) >= 11 is 0. The van der Waals surface area contributed by atoms with E-state index in [4.69, 9.17) is 9.84 Å². The van der Waals surface area contributed by atoms with Crippen molar-refractivity contribution in [1.29, 1.82) is 0 Å². The minimum atomic E-state index is -4.86. The number of carbonyl (C=O) groups excluding carboxylic acids is 1. The highest BCUT2D eigenvalue weighted by molar-refractivity contribution is 7.91. The van der Waals surface area contributed by atoms with Crippen LogP contribution in [0.2, 0.25) is 0 Å². The lowest BCUT2D eigenvalue weighted by Gasteiger charge is -2.38. The summed E-state index contributed by atoms with van der Waals surface area (Å²) in [6.07, 6.45) is -7.43. The van der Waals surface area contributed by atoms with Crippen molar-refractivity contribution >= 4 is 15.9 Å². The standard InChI is InChI=1S/C19H24F4N2O6S/c20-13-1-3-15(4-2-13)32(28,29)12-24-14-9-18(30-11-14)5-7-25(8-6-18)17(27)31-16(10-26)19(21,22)23/h1-4,14,16,24,26H,5-12H2. The van der Waals surface area contributed by atoms with Gasteiger partial charge in [-0.2, -0.15) is 13.2 Å². The highest BCUT2D eigenvalue weighted by Gasteiger charge is 2.46. The first-order valence-corrected chi connectivity index (χ1v) is 11.6. The maximum atomic E-state index is 13.0. The predicted molar refractivity (Wildman–Crippen MR) is 103 cm³/mol. The van der Waals surface area contributed by atoms with Gasteiger partial charge in [0.15, 0.2) is 9.84 Å². The Morgan fingerprint density at radius 2 is 1.91 bits per heavy atom. The van der Waals surface area contributed by atoms with Crippen LogP contribution in [0.3, 0.4) is 0 Å². The molecule has 3 rings (SSSR count). The molecule has 2 atom stereocenters. The number of likely N-dealkylation sites (tertiary alicyclic amines) is 1. The molecule has 0 bridgehead atoms. The van der Waals surface area contributed by atoms with Crippen LogP contribution in [0, 0.1) is 5.82 Å². The maximum absolute atomic E-state index is 13.0. The Morgan fingerprint density at radius 1 is 1.28 bits per heavy atom. The highest BCUT2D eigenvalue weighted by atomic mass is 32.2. The first kappa shape index (κ1) is 24.7. The molecule has 1 amide bonds. The second kappa shape index (κ2) is 9.49. The zero-order valence-electron chi connectivity index (χ0n) is 17.0. The molecule has 2 aliphatic heterocycles. The number of nitrogens with zero attached hydrogens (tertiary/aromatic N) is 1. The molecule has 1 spiro atoms. The number of carbonyl (C=O) groups is 1. The number of benzene rings is 1. The van der Waals surface area contributed by atoms with E-state index in [1.807, 2.05) is 0 Å². The fourth-order valence-corrected chi connectivity index (χ4v) is 4.95. The van der Waals surface area contributed by atoms with Crippen molar-refractivity contribution in [2.24, 2.45) is 0 Å². The minimum Gasteiger partial charge on any atom is -0.434 e. The lowest BCUT2D eigenvalue weighted by Crippen LogP contribution is -2.49. The molecule has 0 aromatic heterocycles. The van der Waals surface area contributed by atoms with E-state index in [-0.39, 0.29) is 36.5 Å². The van der Waals surface area contributed by atoms with Gasteiger partial charge in [-0.15, -0.1) is 0 Å². The summed E-state index contributed by atoms with van der Waals surface area (Å²) in [6, 6.07) is 4.24. The molecular formula is C19H24F4N2O6S. The molecule has 0 saturated carbocycles. The van der Waals surface area contributed by atoms with Crippen LogP contribution in [0.15, 0.2) is 29.2 Å². The van der Waals surface area contributed by atoms with Gasteiger partial charge in [0.05, 0.1) is 23.7 Å². The second-order valence-corrected chi connectivity index (χ2v) is 9.89. The number of aliphatic hydroxyl groups excluding tert-OH is 1. The molecular weight excluding hydrogens is 460 g/mol. The van der Waals surface area contributed by atoms with Gasteiger partial charge in [0.25, 0.3) is 0 Å². The average molecular weight is 484 g/mol. The molecule has 2 fully saturated rings. The van der Waals surface area contributed by atoms with E-state index in [0.717, 1.165) is 17.0 Å². The third kappa shape index (κ3) is 5.88. The van der Waals surface area contributed by atoms with Crippen molar-refractivity contribution in [1.82, 2.24) is 10.2 Å². The second-order valence-electron chi connectivity index (χ2n) is 7.90. The third-order valence-electron chi connectivity index (χ3n) is 5.65. The molecule has 2 N–H and O–H groups in total. The fourth-order valence-electron chi connectivity index (χ4n) is 3.78. The quantitative estimate of drug-likeness (QED) is 0.469. The zero-order chi connectivity index (χ0) is 23.6. The number of piperidine rings is 1. The molecule has 1 aromatic carbocycles. The lowest BCUT2D eigenvalue weighted by atomic mass is 9.87. The summed E-state index contributed by atoms with van der Waals surface area (Å²) < 4.78 is 86.0. The van der Waals surface area contributed by atoms with Crippen LogP contribution in [0.5, 0.6) is 0 Å². The van der Waals surface area contributed by atoms with Gasteiger partial charge in [0, 0.05) is 19.1 Å². The summed E-state index contributed by atoms with van der Waals surface area (Å²) in [5.41, 5.74) is -0.617. The number of hydrogen-bond acceptors (Lipinski definition) is 7. The average Bonchev–Trinajstić information content (AvgIpc) is 3.13. The van der Waals surface area contributed by atoms with E-state index in [0.29, 0.717) is 19.3 Å². The topological polar surface area (TPSA) is 105 Å². The molecule has 8 nitrogen and oxygen atoms in total. The Balaban J connectivity index is 1.48. The summed E-state index contributed by atoms with van der Waals surface area (Å²) in [5.74, 6) is -0.898. The fraction of sp³-hybridized carbons (Fsp3) is 0.632. The zero-order valence-corrected chi connectivity index (χ0v) is 17.8.